The van der Waals surface area contributed by atoms with Crippen LogP contribution in [0.15, 0.2) is 54.6 Å². The molecule has 2 heterocycles. The highest BCUT2D eigenvalue weighted by atomic mass is 35.5. The zero-order valence-corrected chi connectivity index (χ0v) is 17.2. The lowest BCUT2D eigenvalue weighted by atomic mass is 10.1. The van der Waals surface area contributed by atoms with E-state index in [9.17, 15) is 9.59 Å². The predicted octanol–water partition coefficient (Wildman–Crippen LogP) is 4.16. The van der Waals surface area contributed by atoms with Crippen LogP contribution in [0.5, 0.6) is 0 Å². The van der Waals surface area contributed by atoms with Crippen LogP contribution in [-0.2, 0) is 16.1 Å². The number of nitrogens with one attached hydrogen (secondary N) is 1. The predicted molar refractivity (Wildman–Crippen MR) is 116 cm³/mol. The lowest BCUT2D eigenvalue weighted by molar-refractivity contribution is -0.126. The molecule has 4 rings (SSSR count). The Bertz CT molecular complexity index is 1040. The monoisotopic (exact) mass is 409 g/mol. The highest BCUT2D eigenvalue weighted by Crippen LogP contribution is 2.26. The molecule has 2 aromatic carbocycles. The molecule has 0 radical (unpaired) electrons. The Morgan fingerprint density at radius 3 is 2.72 bits per heavy atom. The number of aryl methyl sites for hydroxylation is 2. The van der Waals surface area contributed by atoms with Gasteiger partial charge in [0.15, 0.2) is 0 Å². The maximum absolute atomic E-state index is 12.5. The van der Waals surface area contributed by atoms with E-state index in [0.29, 0.717) is 18.1 Å². The molecule has 1 unspecified atom stereocenters. The van der Waals surface area contributed by atoms with E-state index in [4.69, 9.17) is 11.6 Å². The molecule has 150 valence electrons. The summed E-state index contributed by atoms with van der Waals surface area (Å²) in [5.74, 6) is -0.391. The molecule has 1 fully saturated rings. The first-order valence-electron chi connectivity index (χ1n) is 9.91. The number of carbonyl (C=O) groups is 2. The van der Waals surface area contributed by atoms with Gasteiger partial charge in [0.2, 0.25) is 11.8 Å². The summed E-state index contributed by atoms with van der Waals surface area (Å²) in [6, 6.07) is 17.6. The number of hydrogen-bond donors (Lipinski definition) is 1. The Morgan fingerprint density at radius 2 is 1.93 bits per heavy atom. The van der Waals surface area contributed by atoms with Crippen LogP contribution in [0.3, 0.4) is 0 Å². The summed E-state index contributed by atoms with van der Waals surface area (Å²) in [6.07, 6.45) is 1.09. The molecule has 0 spiro atoms. The fraction of sp³-hybridized carbons (Fsp3) is 0.304. The van der Waals surface area contributed by atoms with E-state index in [1.165, 1.54) is 16.6 Å². The topological polar surface area (TPSA) is 54.3 Å². The maximum Gasteiger partial charge on any atom is 0.227 e. The van der Waals surface area contributed by atoms with E-state index in [1.807, 2.05) is 24.3 Å². The third-order valence-corrected chi connectivity index (χ3v) is 5.76. The third kappa shape index (κ3) is 4.15. The van der Waals surface area contributed by atoms with E-state index in [-0.39, 0.29) is 24.2 Å². The van der Waals surface area contributed by atoms with Crippen LogP contribution in [-0.4, -0.2) is 29.5 Å². The summed E-state index contributed by atoms with van der Waals surface area (Å²) in [6.45, 7) is 3.96. The number of carbonyl (C=O) groups excluding carboxylic acids is 2. The van der Waals surface area contributed by atoms with Gasteiger partial charge < -0.3 is 14.8 Å². The number of amides is 2. The molecule has 1 atom stereocenters. The van der Waals surface area contributed by atoms with Crippen molar-refractivity contribution in [3.8, 4) is 0 Å². The second-order valence-corrected chi connectivity index (χ2v) is 7.96. The summed E-state index contributed by atoms with van der Waals surface area (Å²) < 4.78 is 2.28. The number of anilines is 1. The molecule has 29 heavy (non-hydrogen) atoms. The molecule has 1 aromatic heterocycles. The van der Waals surface area contributed by atoms with Gasteiger partial charge in [-0.1, -0.05) is 29.8 Å². The molecule has 1 aliphatic heterocycles. The first-order chi connectivity index (χ1) is 14.0. The van der Waals surface area contributed by atoms with Crippen molar-refractivity contribution in [2.75, 3.05) is 18.0 Å². The number of benzene rings is 2. The highest BCUT2D eigenvalue weighted by molar-refractivity contribution is 6.30. The summed E-state index contributed by atoms with van der Waals surface area (Å²) >= 11 is 5.91. The number of hydrogen-bond acceptors (Lipinski definition) is 2. The molecule has 6 heteroatoms. The number of aromatic nitrogens is 1. The Kier molecular flexibility index (Phi) is 5.58. The van der Waals surface area contributed by atoms with E-state index in [0.717, 1.165) is 18.7 Å². The summed E-state index contributed by atoms with van der Waals surface area (Å²) in [4.78, 5) is 26.5. The molecular formula is C23H24ClN3O2. The number of rotatable bonds is 6. The average Bonchev–Trinajstić information content (AvgIpc) is 3.25. The van der Waals surface area contributed by atoms with Gasteiger partial charge in [-0.15, -0.1) is 0 Å². The molecule has 1 saturated heterocycles. The van der Waals surface area contributed by atoms with Gasteiger partial charge in [0, 0.05) is 48.0 Å². The van der Waals surface area contributed by atoms with E-state index in [2.05, 4.69) is 35.0 Å². The van der Waals surface area contributed by atoms with Crippen molar-refractivity contribution in [2.24, 2.45) is 5.92 Å². The second kappa shape index (κ2) is 8.29. The van der Waals surface area contributed by atoms with Crippen molar-refractivity contribution in [1.82, 2.24) is 9.88 Å². The van der Waals surface area contributed by atoms with Crippen LogP contribution in [0.25, 0.3) is 10.9 Å². The van der Waals surface area contributed by atoms with Gasteiger partial charge in [-0.05, 0) is 55.1 Å². The van der Waals surface area contributed by atoms with Gasteiger partial charge in [0.1, 0.15) is 0 Å². The molecule has 3 aromatic rings. The summed E-state index contributed by atoms with van der Waals surface area (Å²) in [5.41, 5.74) is 3.22. The minimum absolute atomic E-state index is 0.0260. The molecule has 5 nitrogen and oxygen atoms in total. The number of para-hydroxylation sites is 1. The summed E-state index contributed by atoms with van der Waals surface area (Å²) in [7, 11) is 0. The molecule has 0 saturated carbocycles. The normalized spacial score (nSPS) is 16.6. The molecule has 2 amide bonds. The van der Waals surface area contributed by atoms with E-state index >= 15 is 0 Å². The molecule has 0 bridgehead atoms. The minimum atomic E-state index is -0.313. The van der Waals surface area contributed by atoms with Crippen molar-refractivity contribution in [3.63, 3.8) is 0 Å². The minimum Gasteiger partial charge on any atom is -0.356 e. The SMILES string of the molecule is Cc1cc2ccccc2n1CCCNC(=O)C1CC(=O)N(c2ccc(Cl)cc2)C1. The van der Waals surface area contributed by atoms with Crippen LogP contribution in [0, 0.1) is 12.8 Å². The Labute approximate surface area is 175 Å². The number of nitrogens with zero attached hydrogens (tertiary/aromatic N) is 2. The van der Waals surface area contributed by atoms with Crippen LogP contribution >= 0.6 is 11.6 Å². The maximum atomic E-state index is 12.5. The van der Waals surface area contributed by atoms with Gasteiger partial charge in [0.25, 0.3) is 0 Å². The molecule has 0 aliphatic carbocycles. The highest BCUT2D eigenvalue weighted by Gasteiger charge is 2.34. The fourth-order valence-electron chi connectivity index (χ4n) is 3.99. The number of fused-ring (bicyclic) bond motifs is 1. The number of halogens is 1. The Balaban J connectivity index is 1.29. The zero-order valence-electron chi connectivity index (χ0n) is 16.4. The van der Waals surface area contributed by atoms with Gasteiger partial charge in [-0.2, -0.15) is 0 Å². The standard InChI is InChI=1S/C23H24ClN3O2/c1-16-13-17-5-2-3-6-21(17)26(16)12-4-11-25-23(29)18-14-22(28)27(15-18)20-9-7-19(24)8-10-20/h2-3,5-10,13,18H,4,11-12,14-15H2,1H3,(H,25,29). The largest absolute Gasteiger partial charge is 0.356 e. The van der Waals surface area contributed by atoms with Crippen LogP contribution in [0.4, 0.5) is 5.69 Å². The summed E-state index contributed by atoms with van der Waals surface area (Å²) in [5, 5.41) is 4.87. The van der Waals surface area contributed by atoms with Crippen molar-refractivity contribution in [1.29, 1.82) is 0 Å². The zero-order chi connectivity index (χ0) is 20.4. The Morgan fingerprint density at radius 1 is 1.17 bits per heavy atom. The lowest BCUT2D eigenvalue weighted by Crippen LogP contribution is -2.33. The fourth-order valence-corrected chi connectivity index (χ4v) is 4.12. The van der Waals surface area contributed by atoms with Crippen molar-refractivity contribution < 1.29 is 9.59 Å². The van der Waals surface area contributed by atoms with Crippen LogP contribution in [0.2, 0.25) is 5.02 Å². The van der Waals surface area contributed by atoms with Gasteiger partial charge in [-0.25, -0.2) is 0 Å². The average molecular weight is 410 g/mol. The first kappa shape index (κ1) is 19.5. The van der Waals surface area contributed by atoms with Crippen molar-refractivity contribution in [3.05, 3.63) is 65.3 Å². The quantitative estimate of drug-likeness (QED) is 0.621. The van der Waals surface area contributed by atoms with E-state index in [1.54, 1.807) is 17.0 Å². The van der Waals surface area contributed by atoms with Crippen LogP contribution in [0.1, 0.15) is 18.5 Å². The lowest BCUT2D eigenvalue weighted by Gasteiger charge is -2.17. The van der Waals surface area contributed by atoms with Gasteiger partial charge in [-0.3, -0.25) is 9.59 Å². The van der Waals surface area contributed by atoms with Crippen molar-refractivity contribution in [2.45, 2.75) is 26.3 Å². The van der Waals surface area contributed by atoms with Gasteiger partial charge >= 0.3 is 0 Å². The molecule has 1 aliphatic rings. The second-order valence-electron chi connectivity index (χ2n) is 7.52. The van der Waals surface area contributed by atoms with Crippen LogP contribution < -0.4 is 10.2 Å². The van der Waals surface area contributed by atoms with Crippen molar-refractivity contribution >= 4 is 40.0 Å². The van der Waals surface area contributed by atoms with E-state index < -0.39 is 0 Å². The Hall–Kier alpha value is -2.79. The molecular weight excluding hydrogens is 386 g/mol. The van der Waals surface area contributed by atoms with Gasteiger partial charge in [0.05, 0.1) is 5.92 Å². The molecule has 1 N–H and O–H groups in total. The first-order valence-corrected chi connectivity index (χ1v) is 10.3. The smallest absolute Gasteiger partial charge is 0.227 e. The third-order valence-electron chi connectivity index (χ3n) is 5.51.